The fraction of sp³-hybridized carbons (Fsp3) is 0.192. The Labute approximate surface area is 194 Å². The lowest BCUT2D eigenvalue weighted by Crippen LogP contribution is -2.25. The van der Waals surface area contributed by atoms with Crippen LogP contribution in [0.1, 0.15) is 22.9 Å². The highest BCUT2D eigenvalue weighted by Gasteiger charge is 2.22. The van der Waals surface area contributed by atoms with Gasteiger partial charge in [-0.2, -0.15) is 0 Å². The summed E-state index contributed by atoms with van der Waals surface area (Å²) in [4.78, 5) is 24.2. The number of pyridine rings is 1. The third kappa shape index (κ3) is 3.95. The number of aromatic nitrogens is 3. The molecular formula is C26H23N3O3S. The largest absolute Gasteiger partial charge is 0.387 e. The summed E-state index contributed by atoms with van der Waals surface area (Å²) in [7, 11) is 1.65. The van der Waals surface area contributed by atoms with Crippen LogP contribution in [0.4, 0.5) is 0 Å². The number of methoxy groups -OCH3 is 1. The zero-order valence-electron chi connectivity index (χ0n) is 18.4. The quantitative estimate of drug-likeness (QED) is 0.394. The monoisotopic (exact) mass is 457 g/mol. The average Bonchev–Trinajstić information content (AvgIpc) is 3.20. The Morgan fingerprint density at radius 2 is 1.76 bits per heavy atom. The van der Waals surface area contributed by atoms with Crippen molar-refractivity contribution in [2.75, 3.05) is 7.11 Å². The lowest BCUT2D eigenvalue weighted by Gasteiger charge is -2.17. The second-order valence-corrected chi connectivity index (χ2v) is 8.96. The number of fused-ring (bicyclic) bond motifs is 3. The molecule has 0 aliphatic rings. The first kappa shape index (κ1) is 21.5. The standard InChI is InChI=1S/C26H23N3O3S/c1-16-13-19(15-32-2)21-22-23(33-25(21)27-16)26(31)29(14-20(30)17-9-5-3-6-10-17)24(28-22)18-11-7-4-8-12-18/h3-13,20,30H,14-15H2,1-2H3/t20-/m1/s1. The minimum atomic E-state index is -0.843. The van der Waals surface area contributed by atoms with Crippen molar-refractivity contribution in [3.8, 4) is 11.4 Å². The van der Waals surface area contributed by atoms with Crippen LogP contribution in [-0.4, -0.2) is 26.8 Å². The Bertz CT molecular complexity index is 1490. The summed E-state index contributed by atoms with van der Waals surface area (Å²) in [5.74, 6) is 0.520. The highest BCUT2D eigenvalue weighted by molar-refractivity contribution is 7.25. The Balaban J connectivity index is 1.78. The fourth-order valence-corrected chi connectivity index (χ4v) is 5.29. The Hall–Kier alpha value is -3.39. The van der Waals surface area contributed by atoms with Gasteiger partial charge in [-0.25, -0.2) is 9.97 Å². The van der Waals surface area contributed by atoms with Crippen LogP contribution in [0, 0.1) is 6.92 Å². The maximum absolute atomic E-state index is 13.8. The Morgan fingerprint density at radius 1 is 1.06 bits per heavy atom. The maximum Gasteiger partial charge on any atom is 0.271 e. The van der Waals surface area contributed by atoms with Crippen LogP contribution < -0.4 is 5.56 Å². The molecule has 1 atom stereocenters. The number of aliphatic hydroxyl groups is 1. The Kier molecular flexibility index (Phi) is 5.76. The van der Waals surface area contributed by atoms with Crippen molar-refractivity contribution in [1.82, 2.24) is 14.5 Å². The number of rotatable bonds is 6. The number of nitrogens with zero attached hydrogens (tertiary/aromatic N) is 3. The normalized spacial score (nSPS) is 12.5. The smallest absolute Gasteiger partial charge is 0.271 e. The third-order valence-electron chi connectivity index (χ3n) is 5.63. The molecule has 0 aliphatic heterocycles. The summed E-state index contributed by atoms with van der Waals surface area (Å²) < 4.78 is 7.52. The zero-order chi connectivity index (χ0) is 22.9. The van der Waals surface area contributed by atoms with Gasteiger partial charge in [0.2, 0.25) is 0 Å². The molecular weight excluding hydrogens is 434 g/mol. The number of aryl methyl sites for hydroxylation is 1. The molecule has 6 nitrogen and oxygen atoms in total. The van der Waals surface area contributed by atoms with Crippen molar-refractivity contribution in [2.45, 2.75) is 26.2 Å². The van der Waals surface area contributed by atoms with Gasteiger partial charge < -0.3 is 9.84 Å². The lowest BCUT2D eigenvalue weighted by molar-refractivity contribution is 0.155. The topological polar surface area (TPSA) is 77.2 Å². The van der Waals surface area contributed by atoms with Crippen molar-refractivity contribution >= 4 is 31.8 Å². The summed E-state index contributed by atoms with van der Waals surface area (Å²) in [5, 5.41) is 11.8. The first-order chi connectivity index (χ1) is 16.1. The molecule has 1 N–H and O–H groups in total. The van der Waals surface area contributed by atoms with E-state index in [1.807, 2.05) is 73.7 Å². The van der Waals surface area contributed by atoms with E-state index in [-0.39, 0.29) is 12.1 Å². The van der Waals surface area contributed by atoms with E-state index in [1.165, 1.54) is 11.3 Å². The van der Waals surface area contributed by atoms with Crippen LogP contribution in [0.25, 0.3) is 31.8 Å². The molecule has 0 radical (unpaired) electrons. The number of hydrogen-bond donors (Lipinski definition) is 1. The molecule has 0 amide bonds. The lowest BCUT2D eigenvalue weighted by atomic mass is 10.1. The molecule has 2 aromatic carbocycles. The number of aliphatic hydroxyl groups excluding tert-OH is 1. The van der Waals surface area contributed by atoms with Crippen LogP contribution in [0.2, 0.25) is 0 Å². The summed E-state index contributed by atoms with van der Waals surface area (Å²) in [5.41, 5.74) is 3.83. The molecule has 33 heavy (non-hydrogen) atoms. The first-order valence-electron chi connectivity index (χ1n) is 10.7. The van der Waals surface area contributed by atoms with Crippen LogP contribution >= 0.6 is 11.3 Å². The highest BCUT2D eigenvalue weighted by Crippen LogP contribution is 2.34. The summed E-state index contributed by atoms with van der Waals surface area (Å²) in [6, 6.07) is 20.9. The first-order valence-corrected chi connectivity index (χ1v) is 11.5. The summed E-state index contributed by atoms with van der Waals surface area (Å²) in [6.45, 7) is 2.44. The fourth-order valence-electron chi connectivity index (χ4n) is 4.13. The minimum Gasteiger partial charge on any atom is -0.387 e. The van der Waals surface area contributed by atoms with Gasteiger partial charge in [0.15, 0.2) is 0 Å². The van der Waals surface area contributed by atoms with E-state index in [1.54, 1.807) is 11.7 Å². The third-order valence-corrected chi connectivity index (χ3v) is 6.69. The molecule has 0 fully saturated rings. The molecule has 3 aromatic heterocycles. The van der Waals surface area contributed by atoms with Crippen molar-refractivity contribution in [3.05, 3.63) is 93.9 Å². The van der Waals surface area contributed by atoms with Crippen molar-refractivity contribution in [3.63, 3.8) is 0 Å². The molecule has 5 rings (SSSR count). The molecule has 0 spiro atoms. The number of thiophene rings is 1. The van der Waals surface area contributed by atoms with E-state index < -0.39 is 6.10 Å². The molecule has 5 aromatic rings. The van der Waals surface area contributed by atoms with Gasteiger partial charge in [0, 0.05) is 23.8 Å². The molecule has 0 saturated carbocycles. The molecule has 0 saturated heterocycles. The maximum atomic E-state index is 13.8. The van der Waals surface area contributed by atoms with Crippen LogP contribution in [0.3, 0.4) is 0 Å². The van der Waals surface area contributed by atoms with E-state index in [0.29, 0.717) is 22.6 Å². The predicted molar refractivity (Wildman–Crippen MR) is 131 cm³/mol. The predicted octanol–water partition coefficient (Wildman–Crippen LogP) is 4.86. The zero-order valence-corrected chi connectivity index (χ0v) is 19.2. The van der Waals surface area contributed by atoms with Gasteiger partial charge in [0.05, 0.1) is 24.8 Å². The summed E-state index contributed by atoms with van der Waals surface area (Å²) in [6.07, 6.45) is -0.843. The molecule has 7 heteroatoms. The minimum absolute atomic E-state index is 0.0989. The van der Waals surface area contributed by atoms with E-state index in [2.05, 4.69) is 4.98 Å². The van der Waals surface area contributed by atoms with Gasteiger partial charge in [-0.3, -0.25) is 9.36 Å². The Morgan fingerprint density at radius 3 is 2.45 bits per heavy atom. The van der Waals surface area contributed by atoms with Crippen LogP contribution in [-0.2, 0) is 17.9 Å². The van der Waals surface area contributed by atoms with Gasteiger partial charge >= 0.3 is 0 Å². The molecule has 0 bridgehead atoms. The summed E-state index contributed by atoms with van der Waals surface area (Å²) >= 11 is 1.34. The van der Waals surface area contributed by atoms with Gasteiger partial charge in [0.25, 0.3) is 5.56 Å². The van der Waals surface area contributed by atoms with Crippen LogP contribution in [0.5, 0.6) is 0 Å². The molecule has 3 heterocycles. The van der Waals surface area contributed by atoms with Crippen molar-refractivity contribution in [1.29, 1.82) is 0 Å². The van der Waals surface area contributed by atoms with E-state index in [0.717, 1.165) is 32.6 Å². The van der Waals surface area contributed by atoms with Gasteiger partial charge in [-0.1, -0.05) is 60.7 Å². The molecule has 166 valence electrons. The van der Waals surface area contributed by atoms with E-state index in [4.69, 9.17) is 9.72 Å². The SMILES string of the molecule is COCc1cc(C)nc2sc3c(=O)n(C[C@@H](O)c4ccccc4)c(-c4ccccc4)nc3c12. The van der Waals surface area contributed by atoms with Crippen molar-refractivity contribution in [2.24, 2.45) is 0 Å². The van der Waals surface area contributed by atoms with E-state index >= 15 is 0 Å². The number of ether oxygens (including phenoxy) is 1. The van der Waals surface area contributed by atoms with Gasteiger partial charge in [-0.05, 0) is 24.1 Å². The van der Waals surface area contributed by atoms with E-state index in [9.17, 15) is 9.90 Å². The molecule has 0 aliphatic carbocycles. The highest BCUT2D eigenvalue weighted by atomic mass is 32.1. The molecule has 0 unspecified atom stereocenters. The van der Waals surface area contributed by atoms with Gasteiger partial charge in [0.1, 0.15) is 15.4 Å². The van der Waals surface area contributed by atoms with Crippen LogP contribution in [0.15, 0.2) is 71.5 Å². The average molecular weight is 458 g/mol. The van der Waals surface area contributed by atoms with Crippen molar-refractivity contribution < 1.29 is 9.84 Å². The second kappa shape index (κ2) is 8.86. The number of hydrogen-bond acceptors (Lipinski definition) is 6. The number of benzene rings is 2. The second-order valence-electron chi connectivity index (χ2n) is 7.96. The van der Waals surface area contributed by atoms with Gasteiger partial charge in [-0.15, -0.1) is 11.3 Å².